The van der Waals surface area contributed by atoms with Gasteiger partial charge in [0.15, 0.2) is 5.72 Å². The fourth-order valence-corrected chi connectivity index (χ4v) is 4.36. The maximum atomic E-state index is 12.3. The van der Waals surface area contributed by atoms with Gasteiger partial charge in [0.2, 0.25) is 0 Å². The fourth-order valence-electron chi connectivity index (χ4n) is 4.36. The summed E-state index contributed by atoms with van der Waals surface area (Å²) in [4.78, 5) is 26.0. The van der Waals surface area contributed by atoms with Crippen LogP contribution in [-0.4, -0.2) is 30.1 Å². The number of fused-ring (bicyclic) bond motifs is 3. The summed E-state index contributed by atoms with van der Waals surface area (Å²) >= 11 is 0. The second kappa shape index (κ2) is 3.30. The zero-order chi connectivity index (χ0) is 13.5. The van der Waals surface area contributed by atoms with Crippen molar-refractivity contribution in [2.45, 2.75) is 30.8 Å². The maximum Gasteiger partial charge on any atom is 0.255 e. The summed E-state index contributed by atoms with van der Waals surface area (Å²) in [6.45, 7) is 0.0750. The number of hydrogen-bond acceptors (Lipinski definition) is 4. The minimum atomic E-state index is -0.746. The van der Waals surface area contributed by atoms with Crippen LogP contribution in [0, 0.1) is 5.92 Å². The number of benzene rings is 1. The van der Waals surface area contributed by atoms with Crippen LogP contribution >= 0.6 is 0 Å². The monoisotopic (exact) mass is 271 g/mol. The van der Waals surface area contributed by atoms with Crippen molar-refractivity contribution in [2.24, 2.45) is 5.92 Å². The number of para-hydroxylation sites is 1. The smallest absolute Gasteiger partial charge is 0.255 e. The third-order valence-corrected chi connectivity index (χ3v) is 5.04. The van der Waals surface area contributed by atoms with E-state index in [9.17, 15) is 9.59 Å². The molecule has 1 amide bonds. The van der Waals surface area contributed by atoms with Crippen molar-refractivity contribution < 1.29 is 19.1 Å². The number of hydrogen-bond donors (Lipinski definition) is 0. The molecule has 1 aromatic carbocycles. The summed E-state index contributed by atoms with van der Waals surface area (Å²) in [5.41, 5.74) is 1.14. The second-order valence-electron chi connectivity index (χ2n) is 5.93. The number of Topliss-reactive ketones (excluding diaryl/α,β-unsaturated/α-hetero) is 1. The zero-order valence-corrected chi connectivity index (χ0v) is 10.7. The van der Waals surface area contributed by atoms with Crippen LogP contribution < -0.4 is 4.90 Å². The summed E-state index contributed by atoms with van der Waals surface area (Å²) in [5, 5.41) is 0. The van der Waals surface area contributed by atoms with Gasteiger partial charge in [0.1, 0.15) is 18.5 Å². The van der Waals surface area contributed by atoms with E-state index in [0.29, 0.717) is 12.8 Å². The number of rotatable bonds is 0. The topological polar surface area (TPSA) is 55.8 Å². The Kier molecular flexibility index (Phi) is 1.81. The molecule has 4 aliphatic rings. The van der Waals surface area contributed by atoms with Crippen molar-refractivity contribution >= 4 is 17.4 Å². The van der Waals surface area contributed by atoms with Crippen molar-refractivity contribution in [1.82, 2.24) is 0 Å². The van der Waals surface area contributed by atoms with Crippen LogP contribution in [0.2, 0.25) is 0 Å². The fraction of sp³-hybridized carbons (Fsp3) is 0.467. The highest BCUT2D eigenvalue weighted by atomic mass is 16.6. The third-order valence-electron chi connectivity index (χ3n) is 5.04. The molecule has 4 atom stereocenters. The van der Waals surface area contributed by atoms with E-state index in [0.717, 1.165) is 11.3 Å². The molecule has 3 fully saturated rings. The van der Waals surface area contributed by atoms with E-state index in [1.54, 1.807) is 4.90 Å². The number of ketones is 1. The van der Waals surface area contributed by atoms with Gasteiger partial charge in [-0.1, -0.05) is 18.2 Å². The minimum Gasteiger partial charge on any atom is -0.364 e. The van der Waals surface area contributed by atoms with Gasteiger partial charge in [-0.15, -0.1) is 0 Å². The normalized spacial score (nSPS) is 40.8. The average Bonchev–Trinajstić information content (AvgIpc) is 2.81. The second-order valence-corrected chi connectivity index (χ2v) is 5.93. The molecule has 0 aromatic heterocycles. The number of amides is 1. The van der Waals surface area contributed by atoms with Gasteiger partial charge < -0.3 is 9.47 Å². The van der Waals surface area contributed by atoms with Gasteiger partial charge in [0.05, 0.1) is 11.8 Å². The van der Waals surface area contributed by atoms with E-state index in [2.05, 4.69) is 0 Å². The lowest BCUT2D eigenvalue weighted by atomic mass is 9.73. The van der Waals surface area contributed by atoms with E-state index >= 15 is 0 Å². The summed E-state index contributed by atoms with van der Waals surface area (Å²) in [6.07, 6.45) is 0.298. The van der Waals surface area contributed by atoms with E-state index in [1.807, 2.05) is 24.3 Å². The van der Waals surface area contributed by atoms with Crippen LogP contribution in [0.15, 0.2) is 24.3 Å². The molecule has 4 unspecified atom stereocenters. The van der Waals surface area contributed by atoms with E-state index in [4.69, 9.17) is 9.47 Å². The van der Waals surface area contributed by atoms with Crippen molar-refractivity contribution in [3.05, 3.63) is 29.8 Å². The molecule has 3 heterocycles. The Morgan fingerprint density at radius 2 is 2.05 bits per heavy atom. The Morgan fingerprint density at radius 1 is 1.20 bits per heavy atom. The molecule has 1 spiro atoms. The molecule has 5 nitrogen and oxygen atoms in total. The molecule has 0 radical (unpaired) electrons. The minimum absolute atomic E-state index is 0.0363. The Balaban J connectivity index is 1.80. The summed E-state index contributed by atoms with van der Waals surface area (Å²) < 4.78 is 12.0. The van der Waals surface area contributed by atoms with Crippen LogP contribution in [0.1, 0.15) is 24.5 Å². The van der Waals surface area contributed by atoms with E-state index in [-0.39, 0.29) is 36.4 Å². The molecule has 5 rings (SSSR count). The third kappa shape index (κ3) is 1.01. The largest absolute Gasteiger partial charge is 0.364 e. The van der Waals surface area contributed by atoms with Gasteiger partial charge in [-0.25, -0.2) is 0 Å². The summed E-state index contributed by atoms with van der Waals surface area (Å²) in [7, 11) is 0. The van der Waals surface area contributed by atoms with Crippen LogP contribution in [0.5, 0.6) is 0 Å². The number of nitrogens with zero attached hydrogens (tertiary/aromatic N) is 1. The molecule has 0 N–H and O–H groups in total. The molecule has 1 aliphatic carbocycles. The standard InChI is InChI=1S/C15H13NO4/c17-8-5-10-14-9-3-1-2-4-11(9)16-13(18)7-19-15(10,16)12(6-8)20-14/h1-4,10,12,14H,5-7H2. The Hall–Kier alpha value is -1.72. The number of anilines is 1. The molecular weight excluding hydrogens is 258 g/mol. The molecule has 1 aromatic rings. The number of carbonyl (C=O) groups excluding carboxylic acids is 2. The molecule has 20 heavy (non-hydrogen) atoms. The van der Waals surface area contributed by atoms with Gasteiger partial charge in [0.25, 0.3) is 5.91 Å². The predicted molar refractivity (Wildman–Crippen MR) is 68.0 cm³/mol. The van der Waals surface area contributed by atoms with Gasteiger partial charge in [0, 0.05) is 24.3 Å². The molecule has 1 saturated carbocycles. The lowest BCUT2D eigenvalue weighted by molar-refractivity contribution is -0.135. The molecule has 3 aliphatic heterocycles. The predicted octanol–water partition coefficient (Wildman–Crippen LogP) is 1.18. The van der Waals surface area contributed by atoms with E-state index in [1.165, 1.54) is 0 Å². The molecule has 5 heteroatoms. The number of carbonyl (C=O) groups is 2. The molecule has 4 bridgehead atoms. The quantitative estimate of drug-likeness (QED) is 0.711. The van der Waals surface area contributed by atoms with Crippen LogP contribution in [-0.2, 0) is 19.1 Å². The Labute approximate surface area is 115 Å². The van der Waals surface area contributed by atoms with E-state index < -0.39 is 5.72 Å². The van der Waals surface area contributed by atoms with Crippen LogP contribution in [0.4, 0.5) is 5.69 Å². The SMILES string of the molecule is O=C1CC2OC3c4ccccc4N4C(=O)COC24C3C1. The van der Waals surface area contributed by atoms with Crippen LogP contribution in [0.3, 0.4) is 0 Å². The zero-order valence-electron chi connectivity index (χ0n) is 10.7. The highest BCUT2D eigenvalue weighted by Crippen LogP contribution is 2.61. The highest BCUT2D eigenvalue weighted by Gasteiger charge is 2.70. The molecule has 2 saturated heterocycles. The summed E-state index contributed by atoms with van der Waals surface area (Å²) in [5.74, 6) is 0.0938. The van der Waals surface area contributed by atoms with Crippen molar-refractivity contribution in [3.8, 4) is 0 Å². The van der Waals surface area contributed by atoms with Crippen molar-refractivity contribution in [2.75, 3.05) is 11.5 Å². The average molecular weight is 271 g/mol. The Morgan fingerprint density at radius 3 is 2.95 bits per heavy atom. The first-order valence-corrected chi connectivity index (χ1v) is 6.95. The maximum absolute atomic E-state index is 12.3. The lowest BCUT2D eigenvalue weighted by Gasteiger charge is -2.46. The first kappa shape index (κ1) is 11.0. The van der Waals surface area contributed by atoms with Gasteiger partial charge >= 0.3 is 0 Å². The van der Waals surface area contributed by atoms with Crippen molar-refractivity contribution in [3.63, 3.8) is 0 Å². The van der Waals surface area contributed by atoms with Crippen LogP contribution in [0.25, 0.3) is 0 Å². The first-order chi connectivity index (χ1) is 9.72. The Bertz CT molecular complexity index is 657. The number of ether oxygens (including phenoxy) is 2. The lowest BCUT2D eigenvalue weighted by Crippen LogP contribution is -2.61. The van der Waals surface area contributed by atoms with Crippen molar-refractivity contribution in [1.29, 1.82) is 0 Å². The molecule has 102 valence electrons. The molecular formula is C15H13NO4. The van der Waals surface area contributed by atoms with Gasteiger partial charge in [-0.3, -0.25) is 14.5 Å². The van der Waals surface area contributed by atoms with Gasteiger partial charge in [-0.05, 0) is 6.07 Å². The summed E-state index contributed by atoms with van der Waals surface area (Å²) in [6, 6.07) is 7.79. The van der Waals surface area contributed by atoms with Gasteiger partial charge in [-0.2, -0.15) is 0 Å². The highest BCUT2D eigenvalue weighted by molar-refractivity contribution is 6.00. The first-order valence-electron chi connectivity index (χ1n) is 6.95.